The molecule has 0 aliphatic rings. The van der Waals surface area contributed by atoms with Gasteiger partial charge in [-0.15, -0.1) is 0 Å². The van der Waals surface area contributed by atoms with E-state index >= 15 is 0 Å². The molecule has 0 fully saturated rings. The lowest BCUT2D eigenvalue weighted by Gasteiger charge is -2.19. The van der Waals surface area contributed by atoms with E-state index in [0.29, 0.717) is 6.61 Å². The highest BCUT2D eigenvalue weighted by Gasteiger charge is 2.10. The zero-order chi connectivity index (χ0) is 13.7. The smallest absolute Gasteiger partial charge is 0.124 e. The molecule has 0 heterocycles. The Labute approximate surface area is 119 Å². The number of hydrogen-bond acceptors (Lipinski definition) is 2. The molecule has 0 saturated carbocycles. The monoisotopic (exact) mass is 275 g/mol. The number of para-hydroxylation sites is 1. The van der Waals surface area contributed by atoms with Crippen LogP contribution in [-0.2, 0) is 0 Å². The Kier molecular flexibility index (Phi) is 4.69. The van der Waals surface area contributed by atoms with Gasteiger partial charge in [0.05, 0.1) is 12.6 Å². The molecular weight excluding hydrogens is 258 g/mol. The molecule has 0 saturated heterocycles. The molecule has 0 amide bonds. The van der Waals surface area contributed by atoms with Crippen molar-refractivity contribution in [3.63, 3.8) is 0 Å². The fourth-order valence-corrected chi connectivity index (χ4v) is 2.22. The fourth-order valence-electron chi connectivity index (χ4n) is 2.03. The van der Waals surface area contributed by atoms with Crippen molar-refractivity contribution in [2.75, 3.05) is 11.9 Å². The van der Waals surface area contributed by atoms with Gasteiger partial charge in [-0.2, -0.15) is 0 Å². The summed E-state index contributed by atoms with van der Waals surface area (Å²) in [7, 11) is 0. The lowest BCUT2D eigenvalue weighted by molar-refractivity contribution is 0.335. The van der Waals surface area contributed by atoms with Crippen molar-refractivity contribution in [1.29, 1.82) is 0 Å². The zero-order valence-corrected chi connectivity index (χ0v) is 11.9. The number of anilines is 1. The summed E-state index contributed by atoms with van der Waals surface area (Å²) in [5.74, 6) is 0.923. The van der Waals surface area contributed by atoms with Crippen LogP contribution in [0.2, 0.25) is 5.02 Å². The average Bonchev–Trinajstić information content (AvgIpc) is 2.39. The number of ether oxygens (including phenoxy) is 1. The van der Waals surface area contributed by atoms with Crippen LogP contribution in [0, 0.1) is 0 Å². The Balaban J connectivity index is 2.17. The molecule has 0 aromatic heterocycles. The summed E-state index contributed by atoms with van der Waals surface area (Å²) in [6.07, 6.45) is 0. The molecule has 0 bridgehead atoms. The molecular formula is C16H18ClNO. The van der Waals surface area contributed by atoms with E-state index in [0.717, 1.165) is 22.0 Å². The van der Waals surface area contributed by atoms with E-state index in [1.54, 1.807) is 0 Å². The molecule has 0 aliphatic heterocycles. The minimum Gasteiger partial charge on any atom is -0.494 e. The summed E-state index contributed by atoms with van der Waals surface area (Å²) >= 11 is 5.99. The molecule has 100 valence electrons. The molecule has 1 unspecified atom stereocenters. The largest absolute Gasteiger partial charge is 0.494 e. The Bertz CT molecular complexity index is 542. The topological polar surface area (TPSA) is 21.3 Å². The molecule has 2 nitrogen and oxygen atoms in total. The standard InChI is InChI=1S/C16H18ClNO/c1-3-19-16-10-5-4-9-15(16)12(2)18-14-8-6-7-13(17)11-14/h4-12,18H,3H2,1-2H3. The normalized spacial score (nSPS) is 11.9. The number of halogens is 1. The van der Waals surface area contributed by atoms with Gasteiger partial charge < -0.3 is 10.1 Å². The van der Waals surface area contributed by atoms with Gasteiger partial charge in [0.2, 0.25) is 0 Å². The lowest BCUT2D eigenvalue weighted by atomic mass is 10.1. The predicted octanol–water partition coefficient (Wildman–Crippen LogP) is 4.91. The van der Waals surface area contributed by atoms with E-state index in [1.807, 2.05) is 49.4 Å². The van der Waals surface area contributed by atoms with Gasteiger partial charge in [-0.3, -0.25) is 0 Å². The van der Waals surface area contributed by atoms with Gasteiger partial charge in [0.15, 0.2) is 0 Å². The zero-order valence-electron chi connectivity index (χ0n) is 11.2. The van der Waals surface area contributed by atoms with E-state index in [-0.39, 0.29) is 6.04 Å². The van der Waals surface area contributed by atoms with Crippen LogP contribution in [0.15, 0.2) is 48.5 Å². The first-order valence-corrected chi connectivity index (χ1v) is 6.82. The van der Waals surface area contributed by atoms with Crippen molar-refractivity contribution < 1.29 is 4.74 Å². The molecule has 2 rings (SSSR count). The maximum atomic E-state index is 5.99. The summed E-state index contributed by atoms with van der Waals surface area (Å²) < 4.78 is 5.65. The summed E-state index contributed by atoms with van der Waals surface area (Å²) in [5.41, 5.74) is 2.15. The van der Waals surface area contributed by atoms with Crippen molar-refractivity contribution >= 4 is 17.3 Å². The van der Waals surface area contributed by atoms with Crippen LogP contribution in [0.5, 0.6) is 5.75 Å². The first kappa shape index (κ1) is 13.8. The molecule has 0 radical (unpaired) electrons. The van der Waals surface area contributed by atoms with Gasteiger partial charge in [-0.1, -0.05) is 35.9 Å². The van der Waals surface area contributed by atoms with Gasteiger partial charge in [0.25, 0.3) is 0 Å². The van der Waals surface area contributed by atoms with Gasteiger partial charge >= 0.3 is 0 Å². The highest BCUT2D eigenvalue weighted by Crippen LogP contribution is 2.28. The van der Waals surface area contributed by atoms with Crippen LogP contribution in [0.1, 0.15) is 25.5 Å². The van der Waals surface area contributed by atoms with E-state index in [2.05, 4.69) is 18.3 Å². The Hall–Kier alpha value is -1.67. The average molecular weight is 276 g/mol. The lowest BCUT2D eigenvalue weighted by Crippen LogP contribution is -2.08. The number of nitrogens with one attached hydrogen (secondary N) is 1. The molecule has 0 aliphatic carbocycles. The van der Waals surface area contributed by atoms with Crippen LogP contribution < -0.4 is 10.1 Å². The number of hydrogen-bond donors (Lipinski definition) is 1. The first-order chi connectivity index (χ1) is 9.20. The van der Waals surface area contributed by atoms with Crippen molar-refractivity contribution in [2.45, 2.75) is 19.9 Å². The highest BCUT2D eigenvalue weighted by atomic mass is 35.5. The number of benzene rings is 2. The van der Waals surface area contributed by atoms with Crippen LogP contribution >= 0.6 is 11.6 Å². The van der Waals surface area contributed by atoms with Crippen molar-refractivity contribution in [3.05, 3.63) is 59.1 Å². The molecule has 0 spiro atoms. The number of rotatable bonds is 5. The summed E-state index contributed by atoms with van der Waals surface area (Å²) in [6, 6.07) is 16.0. The molecule has 2 aromatic rings. The third-order valence-corrected chi connectivity index (χ3v) is 3.13. The quantitative estimate of drug-likeness (QED) is 0.837. The summed E-state index contributed by atoms with van der Waals surface area (Å²) in [6.45, 7) is 4.77. The van der Waals surface area contributed by atoms with E-state index in [9.17, 15) is 0 Å². The Morgan fingerprint density at radius 2 is 1.95 bits per heavy atom. The predicted molar refractivity (Wildman–Crippen MR) is 81.1 cm³/mol. The maximum absolute atomic E-state index is 5.99. The molecule has 2 aromatic carbocycles. The van der Waals surface area contributed by atoms with Crippen LogP contribution in [-0.4, -0.2) is 6.61 Å². The SMILES string of the molecule is CCOc1ccccc1C(C)Nc1cccc(Cl)c1. The minimum absolute atomic E-state index is 0.154. The third kappa shape index (κ3) is 3.65. The van der Waals surface area contributed by atoms with Crippen molar-refractivity contribution in [1.82, 2.24) is 0 Å². The van der Waals surface area contributed by atoms with Crippen LogP contribution in [0.4, 0.5) is 5.69 Å². The van der Waals surface area contributed by atoms with Gasteiger partial charge in [0, 0.05) is 16.3 Å². The first-order valence-electron chi connectivity index (χ1n) is 6.44. The summed E-state index contributed by atoms with van der Waals surface area (Å²) in [5, 5.41) is 4.17. The van der Waals surface area contributed by atoms with E-state index < -0.39 is 0 Å². The van der Waals surface area contributed by atoms with Gasteiger partial charge in [-0.25, -0.2) is 0 Å². The Morgan fingerprint density at radius 1 is 1.16 bits per heavy atom. The Morgan fingerprint density at radius 3 is 2.68 bits per heavy atom. The summed E-state index contributed by atoms with van der Waals surface area (Å²) in [4.78, 5) is 0. The highest BCUT2D eigenvalue weighted by molar-refractivity contribution is 6.30. The molecule has 3 heteroatoms. The van der Waals surface area contributed by atoms with E-state index in [4.69, 9.17) is 16.3 Å². The third-order valence-electron chi connectivity index (χ3n) is 2.89. The van der Waals surface area contributed by atoms with Crippen molar-refractivity contribution in [3.8, 4) is 5.75 Å². The molecule has 1 atom stereocenters. The second-order valence-corrected chi connectivity index (χ2v) is 4.78. The fraction of sp³-hybridized carbons (Fsp3) is 0.250. The van der Waals surface area contributed by atoms with Gasteiger partial charge in [0.1, 0.15) is 5.75 Å². The van der Waals surface area contributed by atoms with Gasteiger partial charge in [-0.05, 0) is 38.1 Å². The van der Waals surface area contributed by atoms with Crippen LogP contribution in [0.25, 0.3) is 0 Å². The second kappa shape index (κ2) is 6.48. The second-order valence-electron chi connectivity index (χ2n) is 4.35. The van der Waals surface area contributed by atoms with E-state index in [1.165, 1.54) is 0 Å². The molecule has 1 N–H and O–H groups in total. The molecule has 19 heavy (non-hydrogen) atoms. The minimum atomic E-state index is 0.154. The maximum Gasteiger partial charge on any atom is 0.124 e. The van der Waals surface area contributed by atoms with Crippen molar-refractivity contribution in [2.24, 2.45) is 0 Å². The van der Waals surface area contributed by atoms with Crippen LogP contribution in [0.3, 0.4) is 0 Å².